The average molecular weight is 282 g/mol. The molecule has 0 aliphatic rings. The summed E-state index contributed by atoms with van der Waals surface area (Å²) < 4.78 is 1.40. The molecule has 3 rings (SSSR count). The normalized spacial score (nSPS) is 10.5. The number of carboxylic acids is 1. The number of aromatic carboxylic acids is 1. The van der Waals surface area contributed by atoms with Crippen molar-refractivity contribution in [1.82, 2.24) is 14.5 Å². The van der Waals surface area contributed by atoms with Gasteiger partial charge in [-0.05, 0) is 10.8 Å². The molecule has 7 nitrogen and oxygen atoms in total. The first-order valence-electron chi connectivity index (χ1n) is 6.07. The molecule has 0 aliphatic heterocycles. The SMILES string of the molecule is O=C(O)c1cnc(NC(=O)n2cc3ccccc3c2)cn1. The van der Waals surface area contributed by atoms with Crippen LogP contribution < -0.4 is 5.32 Å². The molecule has 3 aromatic rings. The molecule has 0 spiro atoms. The van der Waals surface area contributed by atoms with Crippen LogP contribution in [0.5, 0.6) is 0 Å². The fourth-order valence-corrected chi connectivity index (χ4v) is 1.88. The molecule has 0 saturated heterocycles. The summed E-state index contributed by atoms with van der Waals surface area (Å²) in [6.07, 6.45) is 5.68. The number of anilines is 1. The van der Waals surface area contributed by atoms with Crippen LogP contribution in [0, 0.1) is 0 Å². The molecule has 0 aliphatic carbocycles. The lowest BCUT2D eigenvalue weighted by Crippen LogP contribution is -2.18. The Hall–Kier alpha value is -3.22. The molecule has 0 radical (unpaired) electrons. The van der Waals surface area contributed by atoms with Crippen molar-refractivity contribution >= 4 is 28.6 Å². The summed E-state index contributed by atoms with van der Waals surface area (Å²) in [5.74, 6) is -0.986. The minimum Gasteiger partial charge on any atom is -0.476 e. The highest BCUT2D eigenvalue weighted by Crippen LogP contribution is 2.14. The van der Waals surface area contributed by atoms with Gasteiger partial charge in [0.1, 0.15) is 0 Å². The van der Waals surface area contributed by atoms with Gasteiger partial charge in [0.15, 0.2) is 11.5 Å². The predicted molar refractivity (Wildman–Crippen MR) is 75.3 cm³/mol. The molecule has 0 fully saturated rings. The van der Waals surface area contributed by atoms with Gasteiger partial charge in [0.25, 0.3) is 0 Å². The Kier molecular flexibility index (Phi) is 3.07. The van der Waals surface area contributed by atoms with Gasteiger partial charge in [-0.1, -0.05) is 24.3 Å². The number of hydrogen-bond donors (Lipinski definition) is 2. The van der Waals surface area contributed by atoms with E-state index in [1.54, 1.807) is 12.4 Å². The van der Waals surface area contributed by atoms with Crippen molar-refractivity contribution in [1.29, 1.82) is 0 Å². The predicted octanol–water partition coefficient (Wildman–Crippen LogP) is 2.21. The summed E-state index contributed by atoms with van der Waals surface area (Å²) >= 11 is 0. The molecule has 2 aromatic heterocycles. The summed E-state index contributed by atoms with van der Waals surface area (Å²) in [6.45, 7) is 0. The van der Waals surface area contributed by atoms with E-state index in [4.69, 9.17) is 5.11 Å². The zero-order valence-corrected chi connectivity index (χ0v) is 10.7. The average Bonchev–Trinajstić information content (AvgIpc) is 2.92. The third kappa shape index (κ3) is 2.57. The lowest BCUT2D eigenvalue weighted by atomic mass is 10.2. The Labute approximate surface area is 118 Å². The molecule has 0 saturated carbocycles. The first kappa shape index (κ1) is 12.8. The first-order chi connectivity index (χ1) is 10.1. The van der Waals surface area contributed by atoms with Crippen LogP contribution in [0.25, 0.3) is 10.8 Å². The molecule has 2 heterocycles. The number of rotatable bonds is 2. The molecule has 2 N–H and O–H groups in total. The van der Waals surface area contributed by atoms with E-state index in [0.717, 1.165) is 17.0 Å². The first-order valence-corrected chi connectivity index (χ1v) is 6.07. The number of carbonyl (C=O) groups excluding carboxylic acids is 1. The largest absolute Gasteiger partial charge is 0.476 e. The van der Waals surface area contributed by atoms with Crippen LogP contribution in [-0.2, 0) is 0 Å². The minimum absolute atomic E-state index is 0.181. The highest BCUT2D eigenvalue weighted by atomic mass is 16.4. The van der Waals surface area contributed by atoms with E-state index in [1.165, 1.54) is 10.8 Å². The molecule has 1 aromatic carbocycles. The Balaban J connectivity index is 1.80. The van der Waals surface area contributed by atoms with Crippen LogP contribution in [0.3, 0.4) is 0 Å². The number of carboxylic acid groups (broad SMARTS) is 1. The quantitative estimate of drug-likeness (QED) is 0.751. The maximum absolute atomic E-state index is 12.1. The van der Waals surface area contributed by atoms with Crippen LogP contribution in [0.4, 0.5) is 10.6 Å². The number of fused-ring (bicyclic) bond motifs is 1. The number of aromatic nitrogens is 3. The third-order valence-corrected chi connectivity index (χ3v) is 2.89. The number of hydrogen-bond acceptors (Lipinski definition) is 4. The van der Waals surface area contributed by atoms with E-state index in [1.807, 2.05) is 24.3 Å². The highest BCUT2D eigenvalue weighted by molar-refractivity contribution is 5.94. The highest BCUT2D eigenvalue weighted by Gasteiger charge is 2.09. The van der Waals surface area contributed by atoms with Crippen LogP contribution in [0.1, 0.15) is 10.5 Å². The zero-order valence-electron chi connectivity index (χ0n) is 10.7. The Morgan fingerprint density at radius 3 is 2.24 bits per heavy atom. The molecule has 7 heteroatoms. The van der Waals surface area contributed by atoms with Crippen molar-refractivity contribution in [2.24, 2.45) is 0 Å². The Morgan fingerprint density at radius 1 is 1.05 bits per heavy atom. The van der Waals surface area contributed by atoms with Crippen molar-refractivity contribution in [2.75, 3.05) is 5.32 Å². The van der Waals surface area contributed by atoms with Crippen molar-refractivity contribution in [3.8, 4) is 0 Å². The molecular formula is C14H10N4O3. The summed E-state index contributed by atoms with van der Waals surface area (Å²) in [5, 5.41) is 13.2. The van der Waals surface area contributed by atoms with E-state index >= 15 is 0 Å². The lowest BCUT2D eigenvalue weighted by molar-refractivity contribution is 0.0690. The van der Waals surface area contributed by atoms with Crippen molar-refractivity contribution in [3.05, 3.63) is 54.7 Å². The van der Waals surface area contributed by atoms with E-state index in [0.29, 0.717) is 0 Å². The van der Waals surface area contributed by atoms with Gasteiger partial charge in [0.05, 0.1) is 12.4 Å². The summed E-state index contributed by atoms with van der Waals surface area (Å²) in [5.41, 5.74) is -0.181. The number of carbonyl (C=O) groups is 2. The van der Waals surface area contributed by atoms with E-state index in [-0.39, 0.29) is 11.5 Å². The topological polar surface area (TPSA) is 97.1 Å². The Morgan fingerprint density at radius 2 is 1.71 bits per heavy atom. The Bertz CT molecular complexity index is 791. The second-order valence-corrected chi connectivity index (χ2v) is 4.32. The molecule has 21 heavy (non-hydrogen) atoms. The van der Waals surface area contributed by atoms with Crippen LogP contribution in [0.2, 0.25) is 0 Å². The van der Waals surface area contributed by atoms with Gasteiger partial charge >= 0.3 is 12.0 Å². The molecule has 0 unspecified atom stereocenters. The van der Waals surface area contributed by atoms with Gasteiger partial charge in [-0.15, -0.1) is 0 Å². The summed E-state index contributed by atoms with van der Waals surface area (Å²) in [4.78, 5) is 30.2. The number of nitrogens with one attached hydrogen (secondary N) is 1. The third-order valence-electron chi connectivity index (χ3n) is 2.89. The fraction of sp³-hybridized carbons (Fsp3) is 0. The number of amides is 1. The van der Waals surface area contributed by atoms with E-state index < -0.39 is 12.0 Å². The number of nitrogens with zero attached hydrogens (tertiary/aromatic N) is 3. The molecule has 1 amide bonds. The molecule has 104 valence electrons. The van der Waals surface area contributed by atoms with Crippen molar-refractivity contribution in [2.45, 2.75) is 0 Å². The standard InChI is InChI=1S/C14H10N4O3/c19-13(20)11-5-16-12(6-15-11)17-14(21)18-7-9-3-1-2-4-10(9)8-18/h1-8H,(H,19,20)(H,16,17,21). The van der Waals surface area contributed by atoms with Gasteiger partial charge in [-0.2, -0.15) is 0 Å². The molecular weight excluding hydrogens is 272 g/mol. The van der Waals surface area contributed by atoms with Crippen LogP contribution in [0.15, 0.2) is 49.1 Å². The lowest BCUT2D eigenvalue weighted by Gasteiger charge is -2.04. The van der Waals surface area contributed by atoms with Crippen LogP contribution >= 0.6 is 0 Å². The van der Waals surface area contributed by atoms with Gasteiger partial charge < -0.3 is 5.11 Å². The second-order valence-electron chi connectivity index (χ2n) is 4.32. The van der Waals surface area contributed by atoms with Crippen molar-refractivity contribution in [3.63, 3.8) is 0 Å². The smallest absolute Gasteiger partial charge is 0.356 e. The van der Waals surface area contributed by atoms with Crippen molar-refractivity contribution < 1.29 is 14.7 Å². The van der Waals surface area contributed by atoms with Gasteiger partial charge in [0, 0.05) is 12.4 Å². The molecule has 0 atom stereocenters. The minimum atomic E-state index is -1.17. The van der Waals surface area contributed by atoms with Crippen LogP contribution in [-0.4, -0.2) is 31.6 Å². The van der Waals surface area contributed by atoms with Gasteiger partial charge in [0.2, 0.25) is 0 Å². The van der Waals surface area contributed by atoms with E-state index in [9.17, 15) is 9.59 Å². The second kappa shape index (κ2) is 5.04. The van der Waals surface area contributed by atoms with Gasteiger partial charge in [-0.3, -0.25) is 9.88 Å². The number of benzene rings is 1. The summed E-state index contributed by atoms with van der Waals surface area (Å²) in [6, 6.07) is 7.19. The fourth-order valence-electron chi connectivity index (χ4n) is 1.88. The maximum Gasteiger partial charge on any atom is 0.356 e. The van der Waals surface area contributed by atoms with E-state index in [2.05, 4.69) is 15.3 Å². The van der Waals surface area contributed by atoms with Gasteiger partial charge in [-0.25, -0.2) is 19.6 Å². The maximum atomic E-state index is 12.1. The zero-order chi connectivity index (χ0) is 14.8. The monoisotopic (exact) mass is 282 g/mol. The summed E-state index contributed by atoms with van der Waals surface area (Å²) in [7, 11) is 0. The molecule has 0 bridgehead atoms.